The Morgan fingerprint density at radius 1 is 1.12 bits per heavy atom. The molecule has 1 aliphatic carbocycles. The number of carbonyl (C=O) groups excluding carboxylic acids is 1. The van der Waals surface area contributed by atoms with Crippen LogP contribution in [0.25, 0.3) is 0 Å². The third-order valence-electron chi connectivity index (χ3n) is 5.26. The molecule has 2 aromatic carbocycles. The molecule has 0 saturated heterocycles. The van der Waals surface area contributed by atoms with E-state index in [1.165, 1.54) is 36.0 Å². The Labute approximate surface area is 156 Å². The minimum Gasteiger partial charge on any atom is -0.480 e. The molecule has 0 bridgehead atoms. The van der Waals surface area contributed by atoms with E-state index in [1.54, 1.807) is 0 Å². The Morgan fingerprint density at radius 2 is 1.85 bits per heavy atom. The number of carbonyl (C=O) groups is 1. The number of benzene rings is 2. The van der Waals surface area contributed by atoms with Crippen molar-refractivity contribution in [1.82, 2.24) is 5.32 Å². The lowest BCUT2D eigenvalue weighted by molar-refractivity contribution is -0.128. The van der Waals surface area contributed by atoms with Gasteiger partial charge in [0.1, 0.15) is 5.75 Å². The molecular weight excluding hydrogens is 322 g/mol. The van der Waals surface area contributed by atoms with Crippen LogP contribution in [0.5, 0.6) is 5.75 Å². The molecular formula is C23H29NO2. The molecule has 1 N–H and O–H groups in total. The Balaban J connectivity index is 1.66. The van der Waals surface area contributed by atoms with Gasteiger partial charge in [-0.05, 0) is 74.3 Å². The van der Waals surface area contributed by atoms with Crippen LogP contribution in [-0.4, -0.2) is 12.0 Å². The van der Waals surface area contributed by atoms with E-state index in [0.29, 0.717) is 6.42 Å². The smallest absolute Gasteiger partial charge is 0.261 e. The van der Waals surface area contributed by atoms with Gasteiger partial charge in [-0.15, -0.1) is 0 Å². The van der Waals surface area contributed by atoms with Crippen LogP contribution in [0.2, 0.25) is 0 Å². The summed E-state index contributed by atoms with van der Waals surface area (Å²) in [4.78, 5) is 12.7. The molecule has 3 heteroatoms. The van der Waals surface area contributed by atoms with Crippen molar-refractivity contribution >= 4 is 5.91 Å². The lowest BCUT2D eigenvalue weighted by atomic mass is 9.89. The van der Waals surface area contributed by atoms with Crippen LogP contribution in [-0.2, 0) is 17.6 Å². The van der Waals surface area contributed by atoms with Gasteiger partial charge in [0.15, 0.2) is 6.10 Å². The first kappa shape index (κ1) is 18.5. The zero-order valence-corrected chi connectivity index (χ0v) is 16.0. The van der Waals surface area contributed by atoms with E-state index in [1.807, 2.05) is 45.0 Å². The molecule has 0 aliphatic heterocycles. The van der Waals surface area contributed by atoms with Gasteiger partial charge in [0.05, 0.1) is 6.04 Å². The van der Waals surface area contributed by atoms with Crippen LogP contribution in [0, 0.1) is 6.92 Å². The molecule has 2 atom stereocenters. The summed E-state index contributed by atoms with van der Waals surface area (Å²) in [5.41, 5.74) is 5.12. The van der Waals surface area contributed by atoms with Gasteiger partial charge in [-0.1, -0.05) is 43.3 Å². The quantitative estimate of drug-likeness (QED) is 0.803. The summed E-state index contributed by atoms with van der Waals surface area (Å²) < 4.78 is 5.97. The van der Waals surface area contributed by atoms with Crippen LogP contribution in [0.3, 0.4) is 0 Å². The largest absolute Gasteiger partial charge is 0.480 e. The van der Waals surface area contributed by atoms with E-state index in [4.69, 9.17) is 4.74 Å². The van der Waals surface area contributed by atoms with Crippen molar-refractivity contribution in [3.05, 3.63) is 64.7 Å². The van der Waals surface area contributed by atoms with Gasteiger partial charge in [-0.2, -0.15) is 0 Å². The van der Waals surface area contributed by atoms with E-state index >= 15 is 0 Å². The molecule has 138 valence electrons. The van der Waals surface area contributed by atoms with Crippen molar-refractivity contribution in [3.8, 4) is 5.75 Å². The van der Waals surface area contributed by atoms with Crippen molar-refractivity contribution in [3.63, 3.8) is 0 Å². The van der Waals surface area contributed by atoms with Crippen molar-refractivity contribution in [2.24, 2.45) is 0 Å². The third-order valence-corrected chi connectivity index (χ3v) is 5.26. The maximum atomic E-state index is 12.7. The molecule has 0 saturated carbocycles. The molecule has 26 heavy (non-hydrogen) atoms. The van der Waals surface area contributed by atoms with Crippen LogP contribution in [0.4, 0.5) is 0 Å². The van der Waals surface area contributed by atoms with Gasteiger partial charge in [0, 0.05) is 0 Å². The number of rotatable bonds is 6. The maximum Gasteiger partial charge on any atom is 0.261 e. The second-order valence-corrected chi connectivity index (χ2v) is 7.25. The summed E-state index contributed by atoms with van der Waals surface area (Å²) in [6.07, 6.45) is 5.04. The first-order valence-electron chi connectivity index (χ1n) is 9.73. The minimum atomic E-state index is -0.476. The van der Waals surface area contributed by atoms with Crippen molar-refractivity contribution in [2.45, 2.75) is 65.0 Å². The Bertz CT molecular complexity index is 769. The Hall–Kier alpha value is -2.29. The summed E-state index contributed by atoms with van der Waals surface area (Å²) in [7, 11) is 0. The average molecular weight is 351 g/mol. The second-order valence-electron chi connectivity index (χ2n) is 7.25. The zero-order chi connectivity index (χ0) is 18.5. The summed E-state index contributed by atoms with van der Waals surface area (Å²) in [5, 5.41) is 3.13. The van der Waals surface area contributed by atoms with Crippen LogP contribution < -0.4 is 10.1 Å². The number of nitrogens with one attached hydrogen (secondary N) is 1. The third kappa shape index (κ3) is 4.27. The molecule has 3 rings (SSSR count). The van der Waals surface area contributed by atoms with Crippen molar-refractivity contribution in [2.75, 3.05) is 0 Å². The molecule has 1 amide bonds. The molecule has 3 nitrogen and oxygen atoms in total. The van der Waals surface area contributed by atoms with Gasteiger partial charge >= 0.3 is 0 Å². The first-order chi connectivity index (χ1) is 12.6. The minimum absolute atomic E-state index is 0.0238. The van der Waals surface area contributed by atoms with Gasteiger partial charge in [0.2, 0.25) is 0 Å². The number of aryl methyl sites for hydroxylation is 3. The molecule has 2 aromatic rings. The average Bonchev–Trinajstić information content (AvgIpc) is 2.66. The van der Waals surface area contributed by atoms with E-state index in [2.05, 4.69) is 23.5 Å². The molecule has 2 unspecified atom stereocenters. The van der Waals surface area contributed by atoms with Crippen molar-refractivity contribution in [1.29, 1.82) is 0 Å². The number of hydrogen-bond acceptors (Lipinski definition) is 2. The summed E-state index contributed by atoms with van der Waals surface area (Å²) in [5.74, 6) is 0.719. The predicted octanol–water partition coefficient (Wildman–Crippen LogP) is 4.91. The molecule has 1 aliphatic rings. The number of hydrogen-bond donors (Lipinski definition) is 1. The van der Waals surface area contributed by atoms with Crippen LogP contribution in [0.15, 0.2) is 42.5 Å². The van der Waals surface area contributed by atoms with E-state index in [9.17, 15) is 4.79 Å². The topological polar surface area (TPSA) is 38.3 Å². The van der Waals surface area contributed by atoms with E-state index in [-0.39, 0.29) is 11.9 Å². The van der Waals surface area contributed by atoms with Gasteiger partial charge in [0.25, 0.3) is 5.91 Å². The first-order valence-corrected chi connectivity index (χ1v) is 9.73. The van der Waals surface area contributed by atoms with E-state index in [0.717, 1.165) is 17.7 Å². The summed E-state index contributed by atoms with van der Waals surface area (Å²) in [6.45, 7) is 6.02. The Kier molecular flexibility index (Phi) is 5.97. The highest BCUT2D eigenvalue weighted by molar-refractivity contribution is 5.81. The van der Waals surface area contributed by atoms with Gasteiger partial charge in [-0.25, -0.2) is 0 Å². The second kappa shape index (κ2) is 8.39. The number of ether oxygens (including phenoxy) is 1. The number of amides is 1. The normalized spacial score (nSPS) is 15.7. The zero-order valence-electron chi connectivity index (χ0n) is 16.0. The molecule has 0 aromatic heterocycles. The maximum absolute atomic E-state index is 12.7. The fourth-order valence-electron chi connectivity index (χ4n) is 3.58. The highest BCUT2D eigenvalue weighted by Crippen LogP contribution is 2.25. The summed E-state index contributed by atoms with van der Waals surface area (Å²) >= 11 is 0. The molecule has 0 heterocycles. The van der Waals surface area contributed by atoms with Gasteiger partial charge < -0.3 is 10.1 Å². The predicted molar refractivity (Wildman–Crippen MR) is 106 cm³/mol. The van der Waals surface area contributed by atoms with Crippen LogP contribution >= 0.6 is 0 Å². The fraction of sp³-hybridized carbons (Fsp3) is 0.435. The number of fused-ring (bicyclic) bond motifs is 1. The standard InChI is InChI=1S/C23H29NO2/c1-4-21(26-22-12-8-5-9-16(22)2)23(25)24-17(3)19-14-13-18-10-6-7-11-20(18)15-19/h5,8-9,12-15,17,21H,4,6-7,10-11H2,1-3H3,(H,24,25). The number of para-hydroxylation sites is 1. The fourth-order valence-corrected chi connectivity index (χ4v) is 3.58. The monoisotopic (exact) mass is 351 g/mol. The lowest BCUT2D eigenvalue weighted by Gasteiger charge is -2.23. The Morgan fingerprint density at radius 3 is 2.58 bits per heavy atom. The highest BCUT2D eigenvalue weighted by Gasteiger charge is 2.22. The van der Waals surface area contributed by atoms with E-state index < -0.39 is 6.10 Å². The van der Waals surface area contributed by atoms with Crippen molar-refractivity contribution < 1.29 is 9.53 Å². The van der Waals surface area contributed by atoms with Gasteiger partial charge in [-0.3, -0.25) is 4.79 Å². The molecule has 0 radical (unpaired) electrons. The summed E-state index contributed by atoms with van der Waals surface area (Å²) in [6, 6.07) is 14.4. The molecule has 0 fully saturated rings. The highest BCUT2D eigenvalue weighted by atomic mass is 16.5. The lowest BCUT2D eigenvalue weighted by Crippen LogP contribution is -2.39. The molecule has 0 spiro atoms. The SMILES string of the molecule is CCC(Oc1ccccc1C)C(=O)NC(C)c1ccc2c(c1)CCCC2. The van der Waals surface area contributed by atoms with Crippen LogP contribution in [0.1, 0.15) is 61.4 Å².